The zero-order valence-electron chi connectivity index (χ0n) is 8.10. The molecule has 0 aromatic rings. The molecule has 0 aromatic carbocycles. The summed E-state index contributed by atoms with van der Waals surface area (Å²) in [4.78, 5) is 0. The Morgan fingerprint density at radius 1 is 1.67 bits per heavy atom. The van der Waals surface area contributed by atoms with E-state index in [1.807, 2.05) is 6.08 Å². The summed E-state index contributed by atoms with van der Waals surface area (Å²) in [5.41, 5.74) is 0.0946. The van der Waals surface area contributed by atoms with Crippen LogP contribution in [0.3, 0.4) is 0 Å². The molecule has 1 aliphatic rings. The lowest BCUT2D eigenvalue weighted by Crippen LogP contribution is -2.34. The van der Waals surface area contributed by atoms with Crippen LogP contribution in [-0.4, -0.2) is 26.3 Å². The molecule has 2 heteroatoms. The van der Waals surface area contributed by atoms with Gasteiger partial charge < -0.3 is 10.1 Å². The first-order valence-electron chi connectivity index (χ1n) is 4.56. The van der Waals surface area contributed by atoms with E-state index in [1.54, 1.807) is 7.11 Å². The third kappa shape index (κ3) is 2.95. The SMILES string of the molecule is C=CC(C)(CNC1CC1)COC. The van der Waals surface area contributed by atoms with Crippen LogP contribution in [0, 0.1) is 5.41 Å². The minimum absolute atomic E-state index is 0.0946. The molecule has 0 spiro atoms. The minimum Gasteiger partial charge on any atom is -0.384 e. The van der Waals surface area contributed by atoms with Gasteiger partial charge in [0.1, 0.15) is 0 Å². The van der Waals surface area contributed by atoms with E-state index in [1.165, 1.54) is 12.8 Å². The molecule has 2 nitrogen and oxygen atoms in total. The zero-order valence-corrected chi connectivity index (χ0v) is 8.10. The summed E-state index contributed by atoms with van der Waals surface area (Å²) < 4.78 is 5.14. The van der Waals surface area contributed by atoms with Crippen LogP contribution in [0.25, 0.3) is 0 Å². The Labute approximate surface area is 75.0 Å². The second-order valence-corrected chi connectivity index (χ2v) is 3.95. The van der Waals surface area contributed by atoms with Gasteiger partial charge in [0.25, 0.3) is 0 Å². The van der Waals surface area contributed by atoms with Crippen LogP contribution < -0.4 is 5.32 Å². The van der Waals surface area contributed by atoms with Gasteiger partial charge in [0.05, 0.1) is 6.61 Å². The first kappa shape index (κ1) is 9.75. The molecule has 1 rings (SSSR count). The van der Waals surface area contributed by atoms with Crippen molar-refractivity contribution in [3.05, 3.63) is 12.7 Å². The summed E-state index contributed by atoms with van der Waals surface area (Å²) in [6.45, 7) is 7.72. The second kappa shape index (κ2) is 4.06. The molecule has 0 saturated heterocycles. The minimum atomic E-state index is 0.0946. The predicted octanol–water partition coefficient (Wildman–Crippen LogP) is 1.58. The second-order valence-electron chi connectivity index (χ2n) is 3.95. The molecule has 0 aliphatic heterocycles. The largest absolute Gasteiger partial charge is 0.384 e. The molecular weight excluding hydrogens is 150 g/mol. The molecule has 1 saturated carbocycles. The van der Waals surface area contributed by atoms with Gasteiger partial charge in [-0.05, 0) is 12.8 Å². The van der Waals surface area contributed by atoms with Crippen molar-refractivity contribution in [2.45, 2.75) is 25.8 Å². The van der Waals surface area contributed by atoms with Gasteiger partial charge in [-0.3, -0.25) is 0 Å². The predicted molar refractivity (Wildman–Crippen MR) is 51.2 cm³/mol. The highest BCUT2D eigenvalue weighted by Gasteiger charge is 2.26. The van der Waals surface area contributed by atoms with Crippen molar-refractivity contribution >= 4 is 0 Å². The maximum absolute atomic E-state index is 5.14. The van der Waals surface area contributed by atoms with Crippen LogP contribution in [0.5, 0.6) is 0 Å². The quantitative estimate of drug-likeness (QED) is 0.609. The van der Waals surface area contributed by atoms with Crippen LogP contribution in [-0.2, 0) is 4.74 Å². The Kier molecular flexibility index (Phi) is 3.29. The topological polar surface area (TPSA) is 21.3 Å². The van der Waals surface area contributed by atoms with Gasteiger partial charge in [0.2, 0.25) is 0 Å². The first-order valence-corrected chi connectivity index (χ1v) is 4.56. The maximum atomic E-state index is 5.14. The summed E-state index contributed by atoms with van der Waals surface area (Å²) in [5.74, 6) is 0. The highest BCUT2D eigenvalue weighted by Crippen LogP contribution is 2.22. The molecule has 12 heavy (non-hydrogen) atoms. The van der Waals surface area contributed by atoms with E-state index in [-0.39, 0.29) is 5.41 Å². The number of hydrogen-bond donors (Lipinski definition) is 1. The Morgan fingerprint density at radius 2 is 2.33 bits per heavy atom. The van der Waals surface area contributed by atoms with E-state index >= 15 is 0 Å². The lowest BCUT2D eigenvalue weighted by Gasteiger charge is -2.25. The smallest absolute Gasteiger partial charge is 0.0562 e. The average Bonchev–Trinajstić information content (AvgIpc) is 2.85. The Morgan fingerprint density at radius 3 is 2.75 bits per heavy atom. The van der Waals surface area contributed by atoms with E-state index in [2.05, 4.69) is 18.8 Å². The van der Waals surface area contributed by atoms with E-state index < -0.39 is 0 Å². The van der Waals surface area contributed by atoms with E-state index in [4.69, 9.17) is 4.74 Å². The fourth-order valence-electron chi connectivity index (χ4n) is 1.18. The van der Waals surface area contributed by atoms with Gasteiger partial charge in [-0.2, -0.15) is 0 Å². The monoisotopic (exact) mass is 169 g/mol. The average molecular weight is 169 g/mol. The number of nitrogens with one attached hydrogen (secondary N) is 1. The molecule has 1 aliphatic carbocycles. The van der Waals surface area contributed by atoms with E-state index in [9.17, 15) is 0 Å². The fourth-order valence-corrected chi connectivity index (χ4v) is 1.18. The third-order valence-electron chi connectivity index (χ3n) is 2.34. The lowest BCUT2D eigenvalue weighted by atomic mass is 9.92. The van der Waals surface area contributed by atoms with Gasteiger partial charge in [-0.25, -0.2) is 0 Å². The molecule has 1 N–H and O–H groups in total. The van der Waals surface area contributed by atoms with Gasteiger partial charge in [-0.15, -0.1) is 6.58 Å². The summed E-state index contributed by atoms with van der Waals surface area (Å²) in [6.07, 6.45) is 4.65. The molecular formula is C10H19NO. The van der Waals surface area contributed by atoms with Crippen LogP contribution in [0.4, 0.5) is 0 Å². The van der Waals surface area contributed by atoms with Crippen LogP contribution >= 0.6 is 0 Å². The number of methoxy groups -OCH3 is 1. The van der Waals surface area contributed by atoms with Crippen molar-refractivity contribution in [3.8, 4) is 0 Å². The summed E-state index contributed by atoms with van der Waals surface area (Å²) >= 11 is 0. The number of rotatable bonds is 6. The molecule has 1 fully saturated rings. The summed E-state index contributed by atoms with van der Waals surface area (Å²) in [6, 6.07) is 0.765. The normalized spacial score (nSPS) is 21.8. The van der Waals surface area contributed by atoms with Crippen molar-refractivity contribution < 1.29 is 4.74 Å². The Bertz CT molecular complexity index is 154. The number of hydrogen-bond acceptors (Lipinski definition) is 2. The van der Waals surface area contributed by atoms with Gasteiger partial charge >= 0.3 is 0 Å². The molecule has 0 radical (unpaired) electrons. The van der Waals surface area contributed by atoms with Crippen molar-refractivity contribution in [2.75, 3.05) is 20.3 Å². The summed E-state index contributed by atoms with van der Waals surface area (Å²) in [5, 5.41) is 3.48. The van der Waals surface area contributed by atoms with Gasteiger partial charge in [0, 0.05) is 25.1 Å². The van der Waals surface area contributed by atoms with Crippen molar-refractivity contribution in [3.63, 3.8) is 0 Å². The Balaban J connectivity index is 2.25. The van der Waals surface area contributed by atoms with Gasteiger partial charge in [0.15, 0.2) is 0 Å². The third-order valence-corrected chi connectivity index (χ3v) is 2.34. The van der Waals surface area contributed by atoms with E-state index in [0.717, 1.165) is 19.2 Å². The molecule has 0 amide bonds. The van der Waals surface area contributed by atoms with E-state index in [0.29, 0.717) is 0 Å². The fraction of sp³-hybridized carbons (Fsp3) is 0.800. The maximum Gasteiger partial charge on any atom is 0.0562 e. The standard InChI is InChI=1S/C10H19NO/c1-4-10(2,8-12-3)7-11-9-5-6-9/h4,9,11H,1,5-8H2,2-3H3. The molecule has 1 atom stereocenters. The molecule has 0 bridgehead atoms. The van der Waals surface area contributed by atoms with Crippen molar-refractivity contribution in [2.24, 2.45) is 5.41 Å². The van der Waals surface area contributed by atoms with Crippen molar-refractivity contribution in [1.82, 2.24) is 5.32 Å². The lowest BCUT2D eigenvalue weighted by molar-refractivity contribution is 0.121. The highest BCUT2D eigenvalue weighted by molar-refractivity contribution is 4.95. The van der Waals surface area contributed by atoms with Crippen LogP contribution in [0.15, 0.2) is 12.7 Å². The highest BCUT2D eigenvalue weighted by atomic mass is 16.5. The van der Waals surface area contributed by atoms with Crippen molar-refractivity contribution in [1.29, 1.82) is 0 Å². The van der Waals surface area contributed by atoms with Crippen LogP contribution in [0.2, 0.25) is 0 Å². The molecule has 1 unspecified atom stereocenters. The Hall–Kier alpha value is -0.340. The summed E-state index contributed by atoms with van der Waals surface area (Å²) in [7, 11) is 1.73. The molecule has 0 aromatic heterocycles. The molecule has 0 heterocycles. The van der Waals surface area contributed by atoms with Crippen LogP contribution in [0.1, 0.15) is 19.8 Å². The zero-order chi connectivity index (χ0) is 9.03. The first-order chi connectivity index (χ1) is 5.70. The molecule has 70 valence electrons. The van der Waals surface area contributed by atoms with Gasteiger partial charge in [-0.1, -0.05) is 13.0 Å². The number of ether oxygens (including phenoxy) is 1.